The number of carbonyl (C=O) groups is 4. The Morgan fingerprint density at radius 2 is 1.69 bits per heavy atom. The zero-order chi connectivity index (χ0) is 20.9. The van der Waals surface area contributed by atoms with Gasteiger partial charge in [0.1, 0.15) is 6.04 Å². The number of carbonyl (C=O) groups excluding carboxylic acids is 4. The molecule has 4 rings (SSSR count). The molecule has 1 heterocycles. The number of benzene rings is 1. The Morgan fingerprint density at radius 3 is 2.21 bits per heavy atom. The molecule has 2 amide bonds. The summed E-state index contributed by atoms with van der Waals surface area (Å²) in [6.45, 7) is 0.854. The fourth-order valence-corrected chi connectivity index (χ4v) is 5.03. The molecular formula is C20H20N2O7. The third kappa shape index (κ3) is 3.10. The normalized spacial score (nSPS) is 28.4. The summed E-state index contributed by atoms with van der Waals surface area (Å²) in [7, 11) is 0. The molecule has 0 aromatic heterocycles. The standard InChI is InChI=1S/C20H20N2O7/c1-10(21-18(24)16-12-2-3-13(8-12)17(16)19(21)25)20(26)29-9-15(23)11-4-6-14(7-5-11)22(27)28/h4-7,10,12-13,16-17H,2-3,8-9H2,1H3/t10-,12-,13+,16+,17+/m1/s1. The van der Waals surface area contributed by atoms with Gasteiger partial charge in [0, 0.05) is 17.7 Å². The number of esters is 1. The summed E-state index contributed by atoms with van der Waals surface area (Å²) < 4.78 is 5.03. The number of hydrogen-bond donors (Lipinski definition) is 0. The van der Waals surface area contributed by atoms with Crippen LogP contribution >= 0.6 is 0 Å². The summed E-state index contributed by atoms with van der Waals surface area (Å²) in [5.74, 6) is -2.17. The first-order valence-electron chi connectivity index (χ1n) is 9.60. The summed E-state index contributed by atoms with van der Waals surface area (Å²) in [5.41, 5.74) is 0.00762. The zero-order valence-corrected chi connectivity index (χ0v) is 15.8. The van der Waals surface area contributed by atoms with Crippen molar-refractivity contribution in [1.29, 1.82) is 0 Å². The van der Waals surface area contributed by atoms with Crippen LogP contribution in [0.5, 0.6) is 0 Å². The number of fused-ring (bicyclic) bond motifs is 5. The zero-order valence-electron chi connectivity index (χ0n) is 15.8. The van der Waals surface area contributed by atoms with E-state index in [1.165, 1.54) is 31.2 Å². The fraction of sp³-hybridized carbons (Fsp3) is 0.500. The monoisotopic (exact) mass is 400 g/mol. The van der Waals surface area contributed by atoms with E-state index in [9.17, 15) is 29.3 Å². The summed E-state index contributed by atoms with van der Waals surface area (Å²) in [6.07, 6.45) is 2.80. The SMILES string of the molecule is C[C@H](C(=O)OCC(=O)c1ccc([N+](=O)[O-])cc1)N1C(=O)[C@H]2[C@@H]3CC[C@@H](C3)[C@@H]2C1=O. The number of rotatable bonds is 6. The number of Topliss-reactive ketones (excluding diaryl/α,β-unsaturated/α-hetero) is 1. The first-order chi connectivity index (χ1) is 13.8. The highest BCUT2D eigenvalue weighted by Crippen LogP contribution is 2.56. The maximum Gasteiger partial charge on any atom is 0.329 e. The molecule has 5 atom stereocenters. The molecule has 3 aliphatic rings. The number of nitro groups is 1. The van der Waals surface area contributed by atoms with Crippen LogP contribution in [0.4, 0.5) is 5.69 Å². The number of hydrogen-bond acceptors (Lipinski definition) is 7. The van der Waals surface area contributed by atoms with Gasteiger partial charge in [0.05, 0.1) is 16.8 Å². The lowest BCUT2D eigenvalue weighted by molar-refractivity contribution is -0.384. The molecule has 2 aliphatic carbocycles. The second-order valence-corrected chi connectivity index (χ2v) is 7.94. The van der Waals surface area contributed by atoms with Gasteiger partial charge in [0.2, 0.25) is 11.8 Å². The van der Waals surface area contributed by atoms with E-state index in [0.29, 0.717) is 0 Å². The number of nitro benzene ring substituents is 1. The Hall–Kier alpha value is -3.10. The van der Waals surface area contributed by atoms with Crippen LogP contribution in [0.25, 0.3) is 0 Å². The Labute approximate surface area is 166 Å². The number of nitrogens with zero attached hydrogens (tertiary/aromatic N) is 2. The molecule has 9 nitrogen and oxygen atoms in total. The predicted octanol–water partition coefficient (Wildman–Crippen LogP) is 1.74. The Bertz CT molecular complexity index is 882. The molecule has 9 heteroatoms. The molecular weight excluding hydrogens is 380 g/mol. The van der Waals surface area contributed by atoms with E-state index in [1.807, 2.05) is 0 Å². The molecule has 29 heavy (non-hydrogen) atoms. The van der Waals surface area contributed by atoms with Gasteiger partial charge in [-0.25, -0.2) is 4.79 Å². The molecule has 1 aromatic rings. The van der Waals surface area contributed by atoms with Crippen LogP contribution in [-0.4, -0.2) is 46.0 Å². The topological polar surface area (TPSA) is 124 Å². The van der Waals surface area contributed by atoms with Gasteiger partial charge in [-0.1, -0.05) is 0 Å². The van der Waals surface area contributed by atoms with Crippen molar-refractivity contribution < 1.29 is 28.8 Å². The molecule has 3 fully saturated rings. The lowest BCUT2D eigenvalue weighted by Gasteiger charge is -2.22. The minimum atomic E-state index is -1.09. The minimum Gasteiger partial charge on any atom is -0.456 e. The molecule has 1 aliphatic heterocycles. The Morgan fingerprint density at radius 1 is 1.14 bits per heavy atom. The van der Waals surface area contributed by atoms with Gasteiger partial charge in [0.25, 0.3) is 5.69 Å². The molecule has 0 radical (unpaired) electrons. The first kappa shape index (κ1) is 19.2. The van der Waals surface area contributed by atoms with Gasteiger partial charge in [-0.2, -0.15) is 0 Å². The number of amides is 2. The smallest absolute Gasteiger partial charge is 0.329 e. The highest BCUT2D eigenvalue weighted by Gasteiger charge is 2.62. The molecule has 1 aromatic carbocycles. The number of ketones is 1. The van der Waals surface area contributed by atoms with Crippen molar-refractivity contribution in [2.24, 2.45) is 23.7 Å². The van der Waals surface area contributed by atoms with Gasteiger partial charge in [0.15, 0.2) is 12.4 Å². The highest BCUT2D eigenvalue weighted by atomic mass is 16.6. The lowest BCUT2D eigenvalue weighted by atomic mass is 9.81. The second-order valence-electron chi connectivity index (χ2n) is 7.94. The molecule has 0 spiro atoms. The lowest BCUT2D eigenvalue weighted by Crippen LogP contribution is -2.45. The van der Waals surface area contributed by atoms with Crippen LogP contribution in [0.3, 0.4) is 0 Å². The largest absolute Gasteiger partial charge is 0.456 e. The van der Waals surface area contributed by atoms with Crippen molar-refractivity contribution in [3.05, 3.63) is 39.9 Å². The summed E-state index contributed by atoms with van der Waals surface area (Å²) in [5, 5.41) is 10.7. The van der Waals surface area contributed by atoms with Crippen LogP contribution in [0, 0.1) is 33.8 Å². The summed E-state index contributed by atoms with van der Waals surface area (Å²) >= 11 is 0. The summed E-state index contributed by atoms with van der Waals surface area (Å²) in [6, 6.07) is 3.84. The van der Waals surface area contributed by atoms with E-state index in [0.717, 1.165) is 24.2 Å². The summed E-state index contributed by atoms with van der Waals surface area (Å²) in [4.78, 5) is 61.2. The third-order valence-electron chi connectivity index (χ3n) is 6.44. The van der Waals surface area contributed by atoms with Crippen LogP contribution in [0.1, 0.15) is 36.5 Å². The van der Waals surface area contributed by atoms with Crippen LogP contribution < -0.4 is 0 Å². The van der Waals surface area contributed by atoms with Gasteiger partial charge in [-0.15, -0.1) is 0 Å². The van der Waals surface area contributed by atoms with Crippen LogP contribution in [0.15, 0.2) is 24.3 Å². The van der Waals surface area contributed by atoms with Crippen molar-refractivity contribution in [3.63, 3.8) is 0 Å². The Balaban J connectivity index is 1.37. The van der Waals surface area contributed by atoms with Gasteiger partial charge in [-0.05, 0) is 50.2 Å². The maximum atomic E-state index is 12.8. The van der Waals surface area contributed by atoms with E-state index in [-0.39, 0.29) is 46.7 Å². The molecule has 0 N–H and O–H groups in total. The number of likely N-dealkylation sites (tertiary alicyclic amines) is 1. The van der Waals surface area contributed by atoms with Gasteiger partial charge in [-0.3, -0.25) is 29.4 Å². The van der Waals surface area contributed by atoms with Crippen molar-refractivity contribution in [2.45, 2.75) is 32.2 Å². The third-order valence-corrected chi connectivity index (χ3v) is 6.44. The van der Waals surface area contributed by atoms with Crippen LogP contribution in [-0.2, 0) is 19.1 Å². The van der Waals surface area contributed by atoms with E-state index < -0.39 is 29.3 Å². The Kier molecular flexibility index (Phi) is 4.68. The highest BCUT2D eigenvalue weighted by molar-refractivity contribution is 6.08. The van der Waals surface area contributed by atoms with Crippen LogP contribution in [0.2, 0.25) is 0 Å². The van der Waals surface area contributed by atoms with E-state index in [4.69, 9.17) is 4.74 Å². The molecule has 2 bridgehead atoms. The van der Waals surface area contributed by atoms with E-state index in [1.54, 1.807) is 0 Å². The fourth-order valence-electron chi connectivity index (χ4n) is 5.03. The van der Waals surface area contributed by atoms with Crippen molar-refractivity contribution in [2.75, 3.05) is 6.61 Å². The molecule has 2 saturated carbocycles. The number of imide groups is 1. The minimum absolute atomic E-state index is 0.155. The maximum absolute atomic E-state index is 12.8. The quantitative estimate of drug-likeness (QED) is 0.234. The number of ether oxygens (including phenoxy) is 1. The first-order valence-corrected chi connectivity index (χ1v) is 9.60. The van der Waals surface area contributed by atoms with E-state index in [2.05, 4.69) is 0 Å². The number of non-ortho nitro benzene ring substituents is 1. The average Bonchev–Trinajstić information content (AvgIpc) is 3.39. The molecule has 0 unspecified atom stereocenters. The second kappa shape index (κ2) is 7.06. The van der Waals surface area contributed by atoms with Gasteiger partial charge < -0.3 is 4.74 Å². The van der Waals surface area contributed by atoms with Crippen molar-refractivity contribution in [3.8, 4) is 0 Å². The van der Waals surface area contributed by atoms with Crippen molar-refractivity contribution >= 4 is 29.3 Å². The molecule has 1 saturated heterocycles. The van der Waals surface area contributed by atoms with Gasteiger partial charge >= 0.3 is 5.97 Å². The predicted molar refractivity (Wildman–Crippen MR) is 97.5 cm³/mol. The van der Waals surface area contributed by atoms with E-state index >= 15 is 0 Å². The average molecular weight is 400 g/mol. The van der Waals surface area contributed by atoms with Crippen molar-refractivity contribution in [1.82, 2.24) is 4.90 Å². The molecule has 152 valence electrons.